The van der Waals surface area contributed by atoms with E-state index in [4.69, 9.17) is 0 Å². The van der Waals surface area contributed by atoms with Crippen LogP contribution in [-0.2, 0) is 26.2 Å². The molecule has 2 amide bonds. The Morgan fingerprint density at radius 3 is 2.12 bits per heavy atom. The SMILES string of the molecule is CNC(=O)[C@H](C)N(Cc1ccccc1)C(=O)CN(c1cccc(C)c1)S(=O)(=O)c1ccccc1. The van der Waals surface area contributed by atoms with E-state index < -0.39 is 28.5 Å². The Morgan fingerprint density at radius 1 is 0.912 bits per heavy atom. The first-order valence-electron chi connectivity index (χ1n) is 10.9. The maximum absolute atomic E-state index is 13.6. The van der Waals surface area contributed by atoms with Gasteiger partial charge in [-0.15, -0.1) is 0 Å². The number of sulfonamides is 1. The van der Waals surface area contributed by atoms with Gasteiger partial charge in [-0.1, -0.05) is 60.7 Å². The van der Waals surface area contributed by atoms with Crippen LogP contribution in [0.5, 0.6) is 0 Å². The molecule has 0 aliphatic rings. The first kappa shape index (κ1) is 25.0. The summed E-state index contributed by atoms with van der Waals surface area (Å²) in [7, 11) is -2.54. The highest BCUT2D eigenvalue weighted by Gasteiger charge is 2.32. The number of aryl methyl sites for hydroxylation is 1. The maximum Gasteiger partial charge on any atom is 0.264 e. The number of benzene rings is 3. The average molecular weight is 480 g/mol. The van der Waals surface area contributed by atoms with Crippen molar-refractivity contribution in [2.24, 2.45) is 0 Å². The lowest BCUT2D eigenvalue weighted by Gasteiger charge is -2.31. The van der Waals surface area contributed by atoms with Crippen molar-refractivity contribution in [2.75, 3.05) is 17.9 Å². The Kier molecular flexibility index (Phi) is 8.07. The lowest BCUT2D eigenvalue weighted by atomic mass is 10.1. The summed E-state index contributed by atoms with van der Waals surface area (Å²) in [5.41, 5.74) is 2.07. The third-order valence-corrected chi connectivity index (χ3v) is 7.30. The Bertz CT molecular complexity index is 1230. The quantitative estimate of drug-likeness (QED) is 0.510. The number of carbonyl (C=O) groups is 2. The van der Waals surface area contributed by atoms with Gasteiger partial charge in [0.2, 0.25) is 11.8 Å². The molecule has 3 rings (SSSR count). The molecule has 0 unspecified atom stereocenters. The van der Waals surface area contributed by atoms with Crippen molar-refractivity contribution in [2.45, 2.75) is 31.3 Å². The fourth-order valence-corrected chi connectivity index (χ4v) is 5.03. The molecule has 178 valence electrons. The molecule has 0 radical (unpaired) electrons. The molecule has 0 bridgehead atoms. The number of hydrogen-bond donors (Lipinski definition) is 1. The van der Waals surface area contributed by atoms with Gasteiger partial charge >= 0.3 is 0 Å². The fraction of sp³-hybridized carbons (Fsp3) is 0.231. The molecule has 1 atom stereocenters. The van der Waals surface area contributed by atoms with E-state index in [2.05, 4.69) is 5.32 Å². The molecule has 0 aromatic heterocycles. The van der Waals surface area contributed by atoms with Gasteiger partial charge in [0.1, 0.15) is 12.6 Å². The van der Waals surface area contributed by atoms with E-state index in [1.165, 1.54) is 24.1 Å². The normalized spacial score (nSPS) is 12.0. The van der Waals surface area contributed by atoms with Crippen LogP contribution in [0, 0.1) is 6.92 Å². The lowest BCUT2D eigenvalue weighted by molar-refractivity contribution is -0.139. The van der Waals surface area contributed by atoms with E-state index in [0.29, 0.717) is 5.69 Å². The summed E-state index contributed by atoms with van der Waals surface area (Å²) >= 11 is 0. The van der Waals surface area contributed by atoms with Gasteiger partial charge in [0.25, 0.3) is 10.0 Å². The molecule has 0 saturated heterocycles. The number of nitrogens with one attached hydrogen (secondary N) is 1. The van der Waals surface area contributed by atoms with Crippen molar-refractivity contribution in [1.29, 1.82) is 0 Å². The van der Waals surface area contributed by atoms with E-state index in [-0.39, 0.29) is 17.3 Å². The Labute approximate surface area is 201 Å². The molecular formula is C26H29N3O4S. The van der Waals surface area contributed by atoms with Crippen LogP contribution in [-0.4, -0.2) is 44.8 Å². The summed E-state index contributed by atoms with van der Waals surface area (Å²) in [4.78, 5) is 27.5. The molecule has 0 saturated carbocycles. The smallest absolute Gasteiger partial charge is 0.264 e. The first-order valence-corrected chi connectivity index (χ1v) is 12.4. The maximum atomic E-state index is 13.6. The molecule has 0 aliphatic heterocycles. The largest absolute Gasteiger partial charge is 0.357 e. The molecule has 34 heavy (non-hydrogen) atoms. The van der Waals surface area contributed by atoms with E-state index >= 15 is 0 Å². The zero-order chi connectivity index (χ0) is 24.7. The van der Waals surface area contributed by atoms with Crippen LogP contribution >= 0.6 is 0 Å². The second-order valence-electron chi connectivity index (χ2n) is 7.96. The third-order valence-electron chi connectivity index (χ3n) is 5.51. The van der Waals surface area contributed by atoms with Gasteiger partial charge in [-0.25, -0.2) is 8.42 Å². The van der Waals surface area contributed by atoms with Gasteiger partial charge in [-0.05, 0) is 49.2 Å². The standard InChI is InChI=1S/C26H29N3O4S/c1-20-11-10-14-23(17-20)29(34(32,33)24-15-8-5-9-16-24)19-25(30)28(21(2)26(31)27-3)18-22-12-6-4-7-13-22/h4-17,21H,18-19H2,1-3H3,(H,27,31)/t21-/m0/s1. The molecule has 0 fully saturated rings. The first-order chi connectivity index (χ1) is 16.2. The fourth-order valence-electron chi connectivity index (χ4n) is 3.60. The second-order valence-corrected chi connectivity index (χ2v) is 9.82. The van der Waals surface area contributed by atoms with Gasteiger partial charge in [0.15, 0.2) is 0 Å². The van der Waals surface area contributed by atoms with Crippen LogP contribution in [0.3, 0.4) is 0 Å². The summed E-state index contributed by atoms with van der Waals surface area (Å²) in [6.45, 7) is 3.20. The van der Waals surface area contributed by atoms with Gasteiger partial charge in [-0.2, -0.15) is 0 Å². The Morgan fingerprint density at radius 2 is 1.53 bits per heavy atom. The highest BCUT2D eigenvalue weighted by atomic mass is 32.2. The second kappa shape index (κ2) is 11.0. The number of carbonyl (C=O) groups excluding carboxylic acids is 2. The summed E-state index contributed by atoms with van der Waals surface area (Å²) < 4.78 is 28.3. The third kappa shape index (κ3) is 5.82. The van der Waals surface area contributed by atoms with Crippen molar-refractivity contribution in [3.63, 3.8) is 0 Å². The van der Waals surface area contributed by atoms with E-state index in [0.717, 1.165) is 15.4 Å². The van der Waals surface area contributed by atoms with Crippen LogP contribution in [0.25, 0.3) is 0 Å². The molecule has 0 spiro atoms. The number of anilines is 1. The van der Waals surface area contributed by atoms with Gasteiger partial charge in [0, 0.05) is 13.6 Å². The van der Waals surface area contributed by atoms with Gasteiger partial charge in [-0.3, -0.25) is 13.9 Å². The van der Waals surface area contributed by atoms with Crippen molar-refractivity contribution >= 4 is 27.5 Å². The number of rotatable bonds is 9. The van der Waals surface area contributed by atoms with Gasteiger partial charge < -0.3 is 10.2 Å². The molecule has 8 heteroatoms. The zero-order valence-corrected chi connectivity index (χ0v) is 20.3. The monoisotopic (exact) mass is 479 g/mol. The minimum atomic E-state index is -4.04. The topological polar surface area (TPSA) is 86.8 Å². The van der Waals surface area contributed by atoms with Crippen LogP contribution < -0.4 is 9.62 Å². The lowest BCUT2D eigenvalue weighted by Crippen LogP contribution is -2.50. The van der Waals surface area contributed by atoms with Crippen molar-refractivity contribution in [1.82, 2.24) is 10.2 Å². The van der Waals surface area contributed by atoms with Crippen LogP contribution in [0.2, 0.25) is 0 Å². The highest BCUT2D eigenvalue weighted by Crippen LogP contribution is 2.25. The van der Waals surface area contributed by atoms with E-state index in [1.54, 1.807) is 43.3 Å². The minimum Gasteiger partial charge on any atom is -0.357 e. The summed E-state index contributed by atoms with van der Waals surface area (Å²) in [6, 6.07) is 23.5. The number of nitrogens with zero attached hydrogens (tertiary/aromatic N) is 2. The molecular weight excluding hydrogens is 450 g/mol. The van der Waals surface area contributed by atoms with Crippen LogP contribution in [0.15, 0.2) is 89.8 Å². The van der Waals surface area contributed by atoms with E-state index in [1.807, 2.05) is 43.3 Å². The Balaban J connectivity index is 2.01. The predicted molar refractivity (Wildman–Crippen MR) is 133 cm³/mol. The number of hydrogen-bond acceptors (Lipinski definition) is 4. The van der Waals surface area contributed by atoms with Crippen LogP contribution in [0.4, 0.5) is 5.69 Å². The average Bonchev–Trinajstić information content (AvgIpc) is 2.85. The van der Waals surface area contributed by atoms with Crippen molar-refractivity contribution in [3.05, 3.63) is 96.1 Å². The molecule has 3 aromatic rings. The van der Waals surface area contributed by atoms with Crippen molar-refractivity contribution in [3.8, 4) is 0 Å². The summed E-state index contributed by atoms with van der Waals surface area (Å²) in [5.74, 6) is -0.821. The molecule has 7 nitrogen and oxygen atoms in total. The minimum absolute atomic E-state index is 0.0817. The number of likely N-dealkylation sites (N-methyl/N-ethyl adjacent to an activating group) is 1. The summed E-state index contributed by atoms with van der Waals surface area (Å²) in [6.07, 6.45) is 0. The van der Waals surface area contributed by atoms with Gasteiger partial charge in [0.05, 0.1) is 10.6 Å². The van der Waals surface area contributed by atoms with E-state index in [9.17, 15) is 18.0 Å². The zero-order valence-electron chi connectivity index (χ0n) is 19.5. The molecule has 3 aromatic carbocycles. The molecule has 0 heterocycles. The molecule has 1 N–H and O–H groups in total. The number of amides is 2. The summed E-state index contributed by atoms with van der Waals surface area (Å²) in [5, 5.41) is 2.57. The predicted octanol–water partition coefficient (Wildman–Crippen LogP) is 3.35. The Hall–Kier alpha value is -3.65. The van der Waals surface area contributed by atoms with Crippen molar-refractivity contribution < 1.29 is 18.0 Å². The molecule has 0 aliphatic carbocycles. The van der Waals surface area contributed by atoms with Crippen LogP contribution in [0.1, 0.15) is 18.1 Å². The highest BCUT2D eigenvalue weighted by molar-refractivity contribution is 7.92.